The summed E-state index contributed by atoms with van der Waals surface area (Å²) in [4.78, 5) is 13.3. The average molecular weight is 453 g/mol. The second-order valence-corrected chi connectivity index (χ2v) is 8.79. The molecule has 2 heterocycles. The number of non-ortho nitro benzene ring substituents is 1. The SMILES string of the molecule is N#Cc1ccc(-c2cc3c(CN4CCC[C@@H](N)C4)coc3cc2-c2cccc([N+](=O)[O-])c2)cc1. The zero-order valence-electron chi connectivity index (χ0n) is 18.6. The lowest BCUT2D eigenvalue weighted by Crippen LogP contribution is -2.42. The van der Waals surface area contributed by atoms with Crippen molar-refractivity contribution in [3.05, 3.63) is 88.2 Å². The van der Waals surface area contributed by atoms with Crippen molar-refractivity contribution >= 4 is 16.7 Å². The van der Waals surface area contributed by atoms with Crippen molar-refractivity contribution in [1.82, 2.24) is 4.90 Å². The first-order valence-corrected chi connectivity index (χ1v) is 11.3. The Morgan fingerprint density at radius 2 is 1.91 bits per heavy atom. The van der Waals surface area contributed by atoms with Crippen LogP contribution in [0.5, 0.6) is 0 Å². The van der Waals surface area contributed by atoms with E-state index in [1.807, 2.05) is 24.3 Å². The van der Waals surface area contributed by atoms with Crippen LogP contribution in [0, 0.1) is 21.4 Å². The van der Waals surface area contributed by atoms with E-state index >= 15 is 0 Å². The van der Waals surface area contributed by atoms with Gasteiger partial charge in [0, 0.05) is 42.2 Å². The van der Waals surface area contributed by atoms with Gasteiger partial charge >= 0.3 is 0 Å². The predicted molar refractivity (Wildman–Crippen MR) is 131 cm³/mol. The standard InChI is InChI=1S/C27H24N4O3/c28-14-18-6-8-19(9-7-18)24-12-26-21(15-30-10-2-4-22(29)16-30)17-34-27(26)13-25(24)20-3-1-5-23(11-20)31(32)33/h1,3,5-9,11-13,17,22H,2,4,10,15-16,29H2/t22-/m1/s1. The van der Waals surface area contributed by atoms with Crippen LogP contribution in [0.15, 0.2) is 71.3 Å². The highest BCUT2D eigenvalue weighted by Crippen LogP contribution is 2.38. The molecule has 0 bridgehead atoms. The van der Waals surface area contributed by atoms with Crippen LogP contribution in [-0.2, 0) is 6.54 Å². The van der Waals surface area contributed by atoms with E-state index in [4.69, 9.17) is 10.2 Å². The number of benzene rings is 3. The lowest BCUT2D eigenvalue weighted by atomic mass is 9.92. The Kier molecular flexibility index (Phi) is 5.84. The van der Waals surface area contributed by atoms with Gasteiger partial charge in [0.1, 0.15) is 5.58 Å². The molecule has 2 N–H and O–H groups in total. The second-order valence-electron chi connectivity index (χ2n) is 8.79. The average Bonchev–Trinajstić information content (AvgIpc) is 3.25. The van der Waals surface area contributed by atoms with Gasteiger partial charge in [-0.05, 0) is 65.9 Å². The highest BCUT2D eigenvalue weighted by molar-refractivity contribution is 5.96. The molecular weight excluding hydrogens is 428 g/mol. The summed E-state index contributed by atoms with van der Waals surface area (Å²) in [7, 11) is 0. The fraction of sp³-hybridized carbons (Fsp3) is 0.222. The van der Waals surface area contributed by atoms with Crippen molar-refractivity contribution in [3.8, 4) is 28.3 Å². The molecule has 170 valence electrons. The van der Waals surface area contributed by atoms with Gasteiger partial charge in [0.25, 0.3) is 5.69 Å². The lowest BCUT2D eigenvalue weighted by molar-refractivity contribution is -0.384. The first-order valence-electron chi connectivity index (χ1n) is 11.3. The maximum atomic E-state index is 11.4. The summed E-state index contributed by atoms with van der Waals surface area (Å²) in [6, 6.07) is 20.4. The smallest absolute Gasteiger partial charge is 0.270 e. The molecule has 1 saturated heterocycles. The third kappa shape index (κ3) is 4.29. The molecule has 34 heavy (non-hydrogen) atoms. The van der Waals surface area contributed by atoms with Crippen molar-refractivity contribution in [3.63, 3.8) is 0 Å². The van der Waals surface area contributed by atoms with Crippen LogP contribution < -0.4 is 5.73 Å². The fourth-order valence-corrected chi connectivity index (χ4v) is 4.71. The van der Waals surface area contributed by atoms with Crippen LogP contribution in [0.3, 0.4) is 0 Å². The molecule has 0 radical (unpaired) electrons. The molecule has 0 amide bonds. The van der Waals surface area contributed by atoms with Gasteiger partial charge in [0.05, 0.1) is 22.8 Å². The summed E-state index contributed by atoms with van der Waals surface area (Å²) in [6.07, 6.45) is 3.94. The van der Waals surface area contributed by atoms with E-state index < -0.39 is 4.92 Å². The molecule has 1 atom stereocenters. The topological polar surface area (TPSA) is 109 Å². The number of nitro groups is 1. The van der Waals surface area contributed by atoms with Crippen LogP contribution in [-0.4, -0.2) is 29.0 Å². The van der Waals surface area contributed by atoms with Crippen LogP contribution in [0.2, 0.25) is 0 Å². The van der Waals surface area contributed by atoms with Crippen LogP contribution >= 0.6 is 0 Å². The van der Waals surface area contributed by atoms with Crippen LogP contribution in [0.4, 0.5) is 5.69 Å². The number of nitro benzene ring substituents is 1. The zero-order chi connectivity index (χ0) is 23.7. The Balaban J connectivity index is 1.64. The van der Waals surface area contributed by atoms with Crippen molar-refractivity contribution in [2.75, 3.05) is 13.1 Å². The third-order valence-electron chi connectivity index (χ3n) is 6.42. The minimum atomic E-state index is -0.391. The normalized spacial score (nSPS) is 16.4. The number of likely N-dealkylation sites (tertiary alicyclic amines) is 1. The second kappa shape index (κ2) is 9.10. The minimum absolute atomic E-state index is 0.0324. The monoisotopic (exact) mass is 452 g/mol. The van der Waals surface area contributed by atoms with Crippen molar-refractivity contribution in [1.29, 1.82) is 5.26 Å². The van der Waals surface area contributed by atoms with Gasteiger partial charge in [-0.1, -0.05) is 24.3 Å². The zero-order valence-corrected chi connectivity index (χ0v) is 18.6. The lowest BCUT2D eigenvalue weighted by Gasteiger charge is -2.30. The molecule has 3 aromatic carbocycles. The van der Waals surface area contributed by atoms with Gasteiger partial charge in [0.15, 0.2) is 0 Å². The number of hydrogen-bond donors (Lipinski definition) is 1. The molecule has 0 unspecified atom stereocenters. The Hall–Kier alpha value is -3.99. The number of furan rings is 1. The Labute approximate surface area is 197 Å². The van der Waals surface area contributed by atoms with E-state index in [2.05, 4.69) is 17.0 Å². The van der Waals surface area contributed by atoms with E-state index in [0.29, 0.717) is 5.56 Å². The van der Waals surface area contributed by atoms with E-state index in [-0.39, 0.29) is 11.7 Å². The number of nitriles is 1. The number of rotatable bonds is 5. The van der Waals surface area contributed by atoms with Gasteiger partial charge in [0.2, 0.25) is 0 Å². The largest absolute Gasteiger partial charge is 0.464 e. The third-order valence-corrected chi connectivity index (χ3v) is 6.42. The minimum Gasteiger partial charge on any atom is -0.464 e. The number of hydrogen-bond acceptors (Lipinski definition) is 6. The molecule has 1 aliphatic heterocycles. The Bertz CT molecular complexity index is 1400. The first kappa shape index (κ1) is 21.8. The predicted octanol–water partition coefficient (Wildman–Crippen LogP) is 5.47. The molecule has 0 aliphatic carbocycles. The Morgan fingerprint density at radius 1 is 1.12 bits per heavy atom. The number of nitrogens with two attached hydrogens (primary N) is 1. The molecule has 1 aliphatic rings. The summed E-state index contributed by atoms with van der Waals surface area (Å²) in [5.41, 5.74) is 12.0. The van der Waals surface area contributed by atoms with Gasteiger partial charge in [-0.25, -0.2) is 0 Å². The van der Waals surface area contributed by atoms with Crippen LogP contribution in [0.1, 0.15) is 24.0 Å². The first-order chi connectivity index (χ1) is 16.5. The highest BCUT2D eigenvalue weighted by Gasteiger charge is 2.20. The van der Waals surface area contributed by atoms with Gasteiger partial charge < -0.3 is 10.2 Å². The molecule has 7 nitrogen and oxygen atoms in total. The highest BCUT2D eigenvalue weighted by atomic mass is 16.6. The van der Waals surface area contributed by atoms with Crippen molar-refractivity contribution in [2.24, 2.45) is 5.73 Å². The van der Waals surface area contributed by atoms with E-state index in [1.165, 1.54) is 6.07 Å². The van der Waals surface area contributed by atoms with E-state index in [9.17, 15) is 15.4 Å². The van der Waals surface area contributed by atoms with Gasteiger partial charge in [-0.3, -0.25) is 15.0 Å². The molecule has 4 aromatic rings. The molecule has 5 rings (SSSR count). The fourth-order valence-electron chi connectivity index (χ4n) is 4.71. The summed E-state index contributed by atoms with van der Waals surface area (Å²) in [5, 5.41) is 21.6. The van der Waals surface area contributed by atoms with Crippen molar-refractivity contribution < 1.29 is 9.34 Å². The van der Waals surface area contributed by atoms with E-state index in [0.717, 1.165) is 71.3 Å². The van der Waals surface area contributed by atoms with Gasteiger partial charge in [-0.15, -0.1) is 0 Å². The van der Waals surface area contributed by atoms with E-state index in [1.54, 1.807) is 30.5 Å². The summed E-state index contributed by atoms with van der Waals surface area (Å²) in [6.45, 7) is 2.62. The quantitative estimate of drug-likeness (QED) is 0.318. The Morgan fingerprint density at radius 3 is 2.65 bits per heavy atom. The molecule has 1 aromatic heterocycles. The number of fused-ring (bicyclic) bond motifs is 1. The molecule has 0 saturated carbocycles. The summed E-state index contributed by atoms with van der Waals surface area (Å²) >= 11 is 0. The van der Waals surface area contributed by atoms with Gasteiger partial charge in [-0.2, -0.15) is 5.26 Å². The molecule has 0 spiro atoms. The summed E-state index contributed by atoms with van der Waals surface area (Å²) in [5.74, 6) is 0. The van der Waals surface area contributed by atoms with Crippen LogP contribution in [0.25, 0.3) is 33.2 Å². The van der Waals surface area contributed by atoms with Crippen molar-refractivity contribution in [2.45, 2.75) is 25.4 Å². The molecule has 7 heteroatoms. The summed E-state index contributed by atoms with van der Waals surface area (Å²) < 4.78 is 5.95. The maximum Gasteiger partial charge on any atom is 0.270 e. The maximum absolute atomic E-state index is 11.4. The number of nitrogens with zero attached hydrogens (tertiary/aromatic N) is 3. The molecule has 1 fully saturated rings. The molecular formula is C27H24N4O3. The number of piperidine rings is 1.